The summed E-state index contributed by atoms with van der Waals surface area (Å²) in [6.07, 6.45) is 0.925. The molecule has 1 aliphatic carbocycles. The Bertz CT molecular complexity index is 1410. The first kappa shape index (κ1) is 32.5. The zero-order valence-electron chi connectivity index (χ0n) is 25.9. The molecule has 0 radical (unpaired) electrons. The molecule has 2 aromatic rings. The molecular formula is C35H41F4N3O4. The number of carbonyl (C=O) groups excluding carboxylic acids is 3. The molecule has 6 rings (SSSR count). The lowest BCUT2D eigenvalue weighted by atomic mass is 9.80. The number of piperidine rings is 2. The van der Waals surface area contributed by atoms with Crippen LogP contribution in [-0.4, -0.2) is 77.4 Å². The Hall–Kier alpha value is -3.47. The van der Waals surface area contributed by atoms with E-state index in [0.717, 1.165) is 37.3 Å². The molecule has 2 amide bonds. The van der Waals surface area contributed by atoms with E-state index in [9.17, 15) is 31.9 Å². The number of Topliss-reactive ketones (excluding diaryl/α,β-unsaturated/α-hetero) is 1. The third kappa shape index (κ3) is 7.24. The number of carbonyl (C=O) groups is 3. The van der Waals surface area contributed by atoms with Gasteiger partial charge in [0.25, 0.3) is 0 Å². The highest BCUT2D eigenvalue weighted by atomic mass is 19.4. The molecule has 248 valence electrons. The van der Waals surface area contributed by atoms with Gasteiger partial charge in [0.2, 0.25) is 5.91 Å². The van der Waals surface area contributed by atoms with Crippen LogP contribution in [0.1, 0.15) is 72.9 Å². The molecule has 4 aliphatic rings. The molecule has 0 N–H and O–H groups in total. The fourth-order valence-corrected chi connectivity index (χ4v) is 7.67. The van der Waals surface area contributed by atoms with Crippen molar-refractivity contribution in [2.75, 3.05) is 39.3 Å². The number of ether oxygens (including phenoxy) is 1. The summed E-state index contributed by atoms with van der Waals surface area (Å²) in [6.45, 7) is 3.60. The van der Waals surface area contributed by atoms with Gasteiger partial charge in [-0.25, -0.2) is 9.18 Å². The number of amides is 2. The largest absolute Gasteiger partial charge is 0.441 e. The van der Waals surface area contributed by atoms with Gasteiger partial charge in [-0.1, -0.05) is 36.4 Å². The first-order valence-electron chi connectivity index (χ1n) is 16.4. The quantitative estimate of drug-likeness (QED) is 0.253. The van der Waals surface area contributed by atoms with E-state index in [4.69, 9.17) is 4.74 Å². The molecule has 0 unspecified atom stereocenters. The molecular weight excluding hydrogens is 602 g/mol. The summed E-state index contributed by atoms with van der Waals surface area (Å²) >= 11 is 0. The number of ketones is 1. The minimum absolute atomic E-state index is 0.0201. The van der Waals surface area contributed by atoms with Crippen molar-refractivity contribution in [1.29, 1.82) is 0 Å². The van der Waals surface area contributed by atoms with Crippen molar-refractivity contribution in [3.05, 3.63) is 71.0 Å². The molecule has 11 heteroatoms. The SMILES string of the molecule is O=C(c1ccccc1)C1CCN(C(=O)C2CCC(CN3CC4(CCN(Cc5ccc(C(F)(F)F)cc5F)CC4)OC3=O)CC2)CC1. The van der Waals surface area contributed by atoms with Crippen molar-refractivity contribution in [2.24, 2.45) is 17.8 Å². The van der Waals surface area contributed by atoms with Gasteiger partial charge in [-0.05, 0) is 56.6 Å². The normalized spacial score (nSPS) is 24.3. The van der Waals surface area contributed by atoms with Gasteiger partial charge in [0.15, 0.2) is 5.78 Å². The van der Waals surface area contributed by atoms with Crippen molar-refractivity contribution in [1.82, 2.24) is 14.7 Å². The van der Waals surface area contributed by atoms with Crippen molar-refractivity contribution >= 4 is 17.8 Å². The maximum Gasteiger partial charge on any atom is 0.416 e. The van der Waals surface area contributed by atoms with E-state index < -0.39 is 23.2 Å². The molecule has 3 heterocycles. The Morgan fingerprint density at radius 2 is 1.54 bits per heavy atom. The van der Waals surface area contributed by atoms with Crippen LogP contribution in [0.25, 0.3) is 0 Å². The van der Waals surface area contributed by atoms with Gasteiger partial charge in [-0.2, -0.15) is 13.2 Å². The van der Waals surface area contributed by atoms with E-state index >= 15 is 0 Å². The predicted molar refractivity (Wildman–Crippen MR) is 162 cm³/mol. The highest BCUT2D eigenvalue weighted by molar-refractivity contribution is 5.98. The number of hydrogen-bond acceptors (Lipinski definition) is 5. The van der Waals surface area contributed by atoms with Crippen LogP contribution in [-0.2, 0) is 22.3 Å². The van der Waals surface area contributed by atoms with E-state index in [-0.39, 0.29) is 41.7 Å². The van der Waals surface area contributed by atoms with Crippen LogP contribution in [0.3, 0.4) is 0 Å². The van der Waals surface area contributed by atoms with Crippen molar-refractivity contribution < 1.29 is 36.7 Å². The van der Waals surface area contributed by atoms with Gasteiger partial charge in [-0.15, -0.1) is 0 Å². The second-order valence-corrected chi connectivity index (χ2v) is 13.6. The predicted octanol–water partition coefficient (Wildman–Crippen LogP) is 6.56. The third-order valence-electron chi connectivity index (χ3n) is 10.5. The summed E-state index contributed by atoms with van der Waals surface area (Å²) in [5.41, 5.74) is -0.658. The van der Waals surface area contributed by atoms with Gasteiger partial charge < -0.3 is 14.5 Å². The van der Waals surface area contributed by atoms with E-state index in [1.54, 1.807) is 4.90 Å². The zero-order valence-corrected chi connectivity index (χ0v) is 25.9. The Kier molecular flexibility index (Phi) is 9.41. The molecule has 0 atom stereocenters. The number of rotatable bonds is 7. The van der Waals surface area contributed by atoms with E-state index in [0.29, 0.717) is 76.9 Å². The lowest BCUT2D eigenvalue weighted by Gasteiger charge is -2.38. The lowest BCUT2D eigenvalue weighted by Crippen LogP contribution is -2.47. The van der Waals surface area contributed by atoms with Crippen LogP contribution in [0.2, 0.25) is 0 Å². The Morgan fingerprint density at radius 3 is 2.17 bits per heavy atom. The molecule has 4 fully saturated rings. The third-order valence-corrected chi connectivity index (χ3v) is 10.5. The summed E-state index contributed by atoms with van der Waals surface area (Å²) in [4.78, 5) is 44.7. The van der Waals surface area contributed by atoms with Crippen molar-refractivity contribution in [3.63, 3.8) is 0 Å². The number of benzene rings is 2. The molecule has 2 aromatic carbocycles. The molecule has 1 saturated carbocycles. The molecule has 1 spiro atoms. The summed E-state index contributed by atoms with van der Waals surface area (Å²) < 4.78 is 58.9. The van der Waals surface area contributed by atoms with Gasteiger partial charge in [0, 0.05) is 75.1 Å². The summed E-state index contributed by atoms with van der Waals surface area (Å²) in [7, 11) is 0. The fourth-order valence-electron chi connectivity index (χ4n) is 7.67. The van der Waals surface area contributed by atoms with E-state index in [1.165, 1.54) is 6.07 Å². The number of hydrogen-bond donors (Lipinski definition) is 0. The van der Waals surface area contributed by atoms with Crippen LogP contribution < -0.4 is 0 Å². The topological polar surface area (TPSA) is 70.2 Å². The minimum Gasteiger partial charge on any atom is -0.441 e. The maximum atomic E-state index is 14.4. The Labute approximate surface area is 266 Å². The first-order valence-corrected chi connectivity index (χ1v) is 16.4. The average molecular weight is 644 g/mol. The summed E-state index contributed by atoms with van der Waals surface area (Å²) in [5.74, 6) is -0.289. The van der Waals surface area contributed by atoms with Crippen LogP contribution in [0.15, 0.2) is 48.5 Å². The van der Waals surface area contributed by atoms with Gasteiger partial charge in [0.1, 0.15) is 11.4 Å². The van der Waals surface area contributed by atoms with E-state index in [1.807, 2.05) is 40.1 Å². The van der Waals surface area contributed by atoms with Gasteiger partial charge in [-0.3, -0.25) is 14.5 Å². The molecule has 0 aromatic heterocycles. The average Bonchev–Trinajstić information content (AvgIpc) is 3.36. The van der Waals surface area contributed by atoms with Crippen LogP contribution in [0.5, 0.6) is 0 Å². The Balaban J connectivity index is 0.925. The van der Waals surface area contributed by atoms with Crippen LogP contribution in [0, 0.1) is 23.6 Å². The molecule has 3 saturated heterocycles. The van der Waals surface area contributed by atoms with Crippen molar-refractivity contribution in [2.45, 2.75) is 69.7 Å². The van der Waals surface area contributed by atoms with Crippen LogP contribution >= 0.6 is 0 Å². The van der Waals surface area contributed by atoms with Crippen LogP contribution in [0.4, 0.5) is 22.4 Å². The smallest absolute Gasteiger partial charge is 0.416 e. The van der Waals surface area contributed by atoms with Crippen molar-refractivity contribution in [3.8, 4) is 0 Å². The monoisotopic (exact) mass is 643 g/mol. The van der Waals surface area contributed by atoms with Gasteiger partial charge >= 0.3 is 12.3 Å². The molecule has 46 heavy (non-hydrogen) atoms. The summed E-state index contributed by atoms with van der Waals surface area (Å²) in [5, 5.41) is 0. The molecule has 0 bridgehead atoms. The molecule has 3 aliphatic heterocycles. The Morgan fingerprint density at radius 1 is 0.870 bits per heavy atom. The highest BCUT2D eigenvalue weighted by Crippen LogP contribution is 2.37. The number of likely N-dealkylation sites (tertiary alicyclic amines) is 2. The van der Waals surface area contributed by atoms with Gasteiger partial charge in [0.05, 0.1) is 12.1 Å². The number of halogens is 4. The fraction of sp³-hybridized carbons (Fsp3) is 0.571. The zero-order chi connectivity index (χ0) is 32.5. The standard InChI is InChI=1S/C35H41F4N3O4/c36-30-20-29(35(37,38)39)11-10-28(30)22-40-18-14-34(15-19-40)23-42(33(45)46-34)21-24-6-8-27(9-7-24)32(44)41-16-12-26(13-17-41)31(43)25-4-2-1-3-5-25/h1-5,10-11,20,24,26-27H,6-9,12-19,21-23H2. The molecule has 7 nitrogen and oxygen atoms in total. The maximum absolute atomic E-state index is 14.4. The van der Waals surface area contributed by atoms with E-state index in [2.05, 4.69) is 0 Å². The second kappa shape index (κ2) is 13.3. The number of alkyl halides is 3. The first-order chi connectivity index (χ1) is 22.0. The highest BCUT2D eigenvalue weighted by Gasteiger charge is 2.47. The summed E-state index contributed by atoms with van der Waals surface area (Å²) in [6, 6.07) is 12.0. The number of nitrogens with zero attached hydrogens (tertiary/aromatic N) is 3. The minimum atomic E-state index is -4.59. The lowest BCUT2D eigenvalue weighted by molar-refractivity contribution is -0.138. The second-order valence-electron chi connectivity index (χ2n) is 13.6.